The topological polar surface area (TPSA) is 65.7 Å². The van der Waals surface area contributed by atoms with E-state index in [0.29, 0.717) is 27.6 Å². The largest absolute Gasteiger partial charge is 0.469 e. The molecule has 0 aromatic carbocycles. The van der Waals surface area contributed by atoms with Crippen molar-refractivity contribution < 1.29 is 23.2 Å². The Labute approximate surface area is 140 Å². The average Bonchev–Trinajstić information content (AvgIpc) is 3.17. The van der Waals surface area contributed by atoms with Gasteiger partial charge in [0.15, 0.2) is 18.4 Å². The molecule has 0 aliphatic carbocycles. The maximum absolute atomic E-state index is 13.4. The third kappa shape index (κ3) is 2.49. The van der Waals surface area contributed by atoms with Crippen LogP contribution < -0.4 is 4.74 Å². The number of hydrogen-bond acceptors (Lipinski definition) is 6. The Morgan fingerprint density at radius 1 is 1.39 bits per heavy atom. The lowest BCUT2D eigenvalue weighted by Crippen LogP contribution is -2.34. The van der Waals surface area contributed by atoms with Crippen LogP contribution in [-0.4, -0.2) is 51.7 Å². The fraction of sp³-hybridized carbons (Fsp3) is 0.500. The molecule has 2 aliphatic heterocycles. The number of nitrogens with zero attached hydrogens (tertiary/aromatic N) is 2. The molecule has 2 aliphatic rings. The fourth-order valence-corrected chi connectivity index (χ4v) is 3.54. The van der Waals surface area contributed by atoms with Crippen molar-refractivity contribution in [2.45, 2.75) is 31.3 Å². The first kappa shape index (κ1) is 15.5. The van der Waals surface area contributed by atoms with Gasteiger partial charge in [0.25, 0.3) is 0 Å². The Hall–Kier alpha value is -1.06. The number of pyridine rings is 1. The van der Waals surface area contributed by atoms with Crippen LogP contribution in [0.5, 0.6) is 5.88 Å². The highest BCUT2D eigenvalue weighted by molar-refractivity contribution is 7.93. The van der Waals surface area contributed by atoms with E-state index in [9.17, 15) is 8.99 Å². The normalized spacial score (nSPS) is 30.1. The summed E-state index contributed by atoms with van der Waals surface area (Å²) in [4.78, 5) is 4.34. The molecule has 2 aromatic heterocycles. The lowest BCUT2D eigenvalue weighted by Gasteiger charge is -2.17. The Morgan fingerprint density at radius 2 is 2.17 bits per heavy atom. The third-order valence-electron chi connectivity index (χ3n) is 4.16. The van der Waals surface area contributed by atoms with Crippen molar-refractivity contribution >= 4 is 35.0 Å². The van der Waals surface area contributed by atoms with Crippen molar-refractivity contribution in [1.29, 1.82) is 0 Å². The van der Waals surface area contributed by atoms with Crippen LogP contribution in [0.2, 0.25) is 5.02 Å². The molecule has 0 saturated carbocycles. The lowest BCUT2D eigenvalue weighted by molar-refractivity contribution is 0.00776. The highest BCUT2D eigenvalue weighted by Gasteiger charge is 2.48. The monoisotopic (exact) mass is 360 g/mol. The second-order valence-corrected chi connectivity index (χ2v) is 6.54. The van der Waals surface area contributed by atoms with Crippen LogP contribution in [0.15, 0.2) is 12.1 Å². The summed E-state index contributed by atoms with van der Waals surface area (Å²) in [6, 6.07) is 3.31. The van der Waals surface area contributed by atoms with Gasteiger partial charge in [-0.15, -0.1) is 3.89 Å². The molecule has 1 unspecified atom stereocenters. The number of ether oxygens (including phenoxy) is 3. The van der Waals surface area contributed by atoms with E-state index < -0.39 is 18.3 Å². The Balaban J connectivity index is 1.66. The van der Waals surface area contributed by atoms with Gasteiger partial charge in [0.2, 0.25) is 5.88 Å². The summed E-state index contributed by atoms with van der Waals surface area (Å²) in [5, 5.41) is 10.2. The maximum atomic E-state index is 13.4. The molecule has 2 saturated heterocycles. The lowest BCUT2D eigenvalue weighted by atomic mass is 10.1. The summed E-state index contributed by atoms with van der Waals surface area (Å²) in [7, 11) is 0. The Morgan fingerprint density at radius 3 is 2.96 bits per heavy atom. The van der Waals surface area contributed by atoms with Crippen molar-refractivity contribution in [3.05, 3.63) is 22.8 Å². The van der Waals surface area contributed by atoms with Gasteiger partial charge >= 0.3 is 0 Å². The highest BCUT2D eigenvalue weighted by atomic mass is 35.5. The van der Waals surface area contributed by atoms with Gasteiger partial charge in [0.05, 0.1) is 35.0 Å². The van der Waals surface area contributed by atoms with E-state index in [-0.39, 0.29) is 31.7 Å². The quantitative estimate of drug-likeness (QED) is 0.906. The number of hydrogen-bond donors (Lipinski definition) is 1. The minimum Gasteiger partial charge on any atom is -0.469 e. The van der Waals surface area contributed by atoms with Crippen LogP contribution in [0.25, 0.3) is 11.0 Å². The van der Waals surface area contributed by atoms with Gasteiger partial charge in [-0.1, -0.05) is 11.6 Å². The number of aliphatic hydroxyl groups is 1. The van der Waals surface area contributed by atoms with Crippen molar-refractivity contribution in [2.24, 2.45) is 0 Å². The average molecular weight is 361 g/mol. The zero-order valence-electron chi connectivity index (χ0n) is 12.1. The van der Waals surface area contributed by atoms with Gasteiger partial charge in [0, 0.05) is 6.07 Å². The zero-order chi connectivity index (χ0) is 16.1. The first-order chi connectivity index (χ1) is 11.1. The molecule has 4 rings (SSSR count). The molecule has 2 fully saturated rings. The predicted molar refractivity (Wildman–Crippen MR) is 83.5 cm³/mol. The number of aryl methyl sites for hydroxylation is 1. The molecule has 0 amide bonds. The molecule has 0 spiro atoms. The highest BCUT2D eigenvalue weighted by Crippen LogP contribution is 2.35. The second kappa shape index (κ2) is 5.78. The second-order valence-electron chi connectivity index (χ2n) is 5.63. The molecule has 23 heavy (non-hydrogen) atoms. The van der Waals surface area contributed by atoms with E-state index in [1.54, 1.807) is 19.1 Å². The Bertz CT molecular complexity index is 758. The SMILES string of the molecule is Cc1nc2cc(O[C@@H]3COC4[C@H](O)CO[C@@H]43)n(SF)c2cc1Cl. The molecule has 9 heteroatoms. The van der Waals surface area contributed by atoms with Crippen molar-refractivity contribution in [3.63, 3.8) is 0 Å². The minimum atomic E-state index is -0.655. The summed E-state index contributed by atoms with van der Waals surface area (Å²) >= 11 is 6.09. The molecular weight excluding hydrogens is 347 g/mol. The van der Waals surface area contributed by atoms with Gasteiger partial charge in [-0.3, -0.25) is 0 Å². The van der Waals surface area contributed by atoms with Crippen LogP contribution >= 0.6 is 23.9 Å². The van der Waals surface area contributed by atoms with E-state index in [0.717, 1.165) is 0 Å². The first-order valence-electron chi connectivity index (χ1n) is 7.14. The summed E-state index contributed by atoms with van der Waals surface area (Å²) < 4.78 is 31.6. The number of halogens is 2. The summed E-state index contributed by atoms with van der Waals surface area (Å²) in [6.45, 7) is 2.27. The fourth-order valence-electron chi connectivity index (χ4n) is 3.01. The molecule has 1 N–H and O–H groups in total. The van der Waals surface area contributed by atoms with Gasteiger partial charge in [-0.25, -0.2) is 8.96 Å². The van der Waals surface area contributed by atoms with E-state index in [1.807, 2.05) is 0 Å². The number of aromatic nitrogens is 2. The van der Waals surface area contributed by atoms with E-state index in [1.165, 1.54) is 3.97 Å². The van der Waals surface area contributed by atoms with Crippen LogP contribution in [0.4, 0.5) is 3.89 Å². The van der Waals surface area contributed by atoms with E-state index in [4.69, 9.17) is 25.8 Å². The molecular formula is C14H14ClFN2O4S. The summed E-state index contributed by atoms with van der Waals surface area (Å²) in [6.07, 6.45) is -1.83. The van der Waals surface area contributed by atoms with Gasteiger partial charge < -0.3 is 19.3 Å². The van der Waals surface area contributed by atoms with Crippen molar-refractivity contribution in [2.75, 3.05) is 13.2 Å². The van der Waals surface area contributed by atoms with E-state index >= 15 is 0 Å². The van der Waals surface area contributed by atoms with Gasteiger partial charge in [0.1, 0.15) is 18.3 Å². The van der Waals surface area contributed by atoms with Crippen molar-refractivity contribution in [1.82, 2.24) is 8.96 Å². The molecule has 4 atom stereocenters. The van der Waals surface area contributed by atoms with Crippen molar-refractivity contribution in [3.8, 4) is 5.88 Å². The molecule has 124 valence electrons. The molecule has 0 radical (unpaired) electrons. The standard InChI is InChI=1S/C14H14ClFN2O4S/c1-6-7(15)2-9-8(17-6)3-12(18(9)23-16)22-11-5-21-13-10(19)4-20-14(11)13/h2-3,10-11,13-14,19H,4-5H2,1H3/t10-,11-,13?,14-/m1/s1. The van der Waals surface area contributed by atoms with E-state index in [2.05, 4.69) is 4.98 Å². The minimum absolute atomic E-state index is 0.0173. The summed E-state index contributed by atoms with van der Waals surface area (Å²) in [5.74, 6) is 0.306. The molecule has 2 aromatic rings. The van der Waals surface area contributed by atoms with Crippen LogP contribution in [0.1, 0.15) is 5.69 Å². The maximum Gasteiger partial charge on any atom is 0.209 e. The summed E-state index contributed by atoms with van der Waals surface area (Å²) in [5.41, 5.74) is 1.79. The van der Waals surface area contributed by atoms with Crippen LogP contribution in [0.3, 0.4) is 0 Å². The number of aliphatic hydroxyl groups excluding tert-OH is 1. The molecule has 4 heterocycles. The molecule has 6 nitrogen and oxygen atoms in total. The smallest absolute Gasteiger partial charge is 0.209 e. The third-order valence-corrected chi connectivity index (χ3v) is 5.06. The van der Waals surface area contributed by atoms with Gasteiger partial charge in [-0.2, -0.15) is 0 Å². The first-order valence-corrected chi connectivity index (χ1v) is 8.19. The zero-order valence-corrected chi connectivity index (χ0v) is 13.7. The predicted octanol–water partition coefficient (Wildman–Crippen LogP) is 2.28. The molecule has 0 bridgehead atoms. The number of rotatable bonds is 3. The van der Waals surface area contributed by atoms with Crippen LogP contribution in [-0.2, 0) is 9.47 Å². The number of fused-ring (bicyclic) bond motifs is 2. The Kier molecular flexibility index (Phi) is 3.89. The van der Waals surface area contributed by atoms with Gasteiger partial charge in [-0.05, 0) is 13.0 Å². The van der Waals surface area contributed by atoms with Crippen LogP contribution in [0, 0.1) is 6.92 Å².